The smallest absolute Gasteiger partial charge is 0.256 e. The lowest BCUT2D eigenvalue weighted by Crippen LogP contribution is -2.29. The van der Waals surface area contributed by atoms with E-state index >= 15 is 0 Å². The molecule has 0 unspecified atom stereocenters. The first-order valence-corrected chi connectivity index (χ1v) is 7.38. The fraction of sp³-hybridized carbons (Fsp3) is 0.600. The third-order valence-corrected chi connectivity index (χ3v) is 4.27. The van der Waals surface area contributed by atoms with Gasteiger partial charge in [-0.15, -0.1) is 0 Å². The van der Waals surface area contributed by atoms with Crippen molar-refractivity contribution >= 4 is 5.91 Å². The molecule has 2 aliphatic carbocycles. The Morgan fingerprint density at radius 1 is 1.30 bits per heavy atom. The Balaban J connectivity index is 1.83. The first kappa shape index (κ1) is 13.2. The molecule has 0 atom stereocenters. The zero-order valence-electron chi connectivity index (χ0n) is 11.5. The minimum Gasteiger partial charge on any atom is -0.507 e. The van der Waals surface area contributed by atoms with E-state index in [1.807, 2.05) is 0 Å². The number of hydrogen-bond acceptors (Lipinski definition) is 3. The summed E-state index contributed by atoms with van der Waals surface area (Å²) in [4.78, 5) is 24.0. The van der Waals surface area contributed by atoms with Gasteiger partial charge in [0.2, 0.25) is 0 Å². The van der Waals surface area contributed by atoms with Crippen molar-refractivity contribution in [3.63, 3.8) is 0 Å². The van der Waals surface area contributed by atoms with E-state index in [-0.39, 0.29) is 28.8 Å². The van der Waals surface area contributed by atoms with Crippen LogP contribution in [0.5, 0.6) is 5.75 Å². The van der Waals surface area contributed by atoms with Crippen LogP contribution in [0.15, 0.2) is 17.1 Å². The average Bonchev–Trinajstić information content (AvgIpc) is 3.09. The maximum Gasteiger partial charge on any atom is 0.256 e. The van der Waals surface area contributed by atoms with Gasteiger partial charge in [0, 0.05) is 24.8 Å². The third kappa shape index (κ3) is 2.71. The summed E-state index contributed by atoms with van der Waals surface area (Å²) >= 11 is 0. The van der Waals surface area contributed by atoms with Crippen LogP contribution in [0.25, 0.3) is 0 Å². The summed E-state index contributed by atoms with van der Waals surface area (Å²) in [5.41, 5.74) is -0.0229. The fourth-order valence-electron chi connectivity index (χ4n) is 2.84. The molecule has 0 radical (unpaired) electrons. The Kier molecular flexibility index (Phi) is 3.51. The standard InChI is InChI=1S/C15H20N2O3/c18-13-7-14(19)17(11-3-1-2-4-11)9-12(13)15(20)16-8-10-5-6-10/h7,9-11,18H,1-6,8H2,(H,16,20). The van der Waals surface area contributed by atoms with E-state index in [4.69, 9.17) is 0 Å². The van der Waals surface area contributed by atoms with E-state index in [0.29, 0.717) is 12.5 Å². The molecule has 0 spiro atoms. The number of aromatic nitrogens is 1. The van der Waals surface area contributed by atoms with E-state index in [1.54, 1.807) is 4.57 Å². The maximum atomic E-state index is 12.1. The molecule has 0 saturated heterocycles. The second-order valence-electron chi connectivity index (χ2n) is 5.91. The number of amides is 1. The van der Waals surface area contributed by atoms with Crippen LogP contribution in [-0.4, -0.2) is 22.1 Å². The summed E-state index contributed by atoms with van der Waals surface area (Å²) in [6, 6.07) is 1.32. The average molecular weight is 276 g/mol. The molecule has 2 N–H and O–H groups in total. The molecule has 0 bridgehead atoms. The van der Waals surface area contributed by atoms with Gasteiger partial charge in [0.15, 0.2) is 0 Å². The Labute approximate surface area is 117 Å². The second-order valence-corrected chi connectivity index (χ2v) is 5.91. The van der Waals surface area contributed by atoms with Crippen LogP contribution in [0, 0.1) is 5.92 Å². The van der Waals surface area contributed by atoms with Gasteiger partial charge in [-0.1, -0.05) is 12.8 Å². The molecule has 5 heteroatoms. The van der Waals surface area contributed by atoms with Gasteiger partial charge in [-0.05, 0) is 31.6 Å². The highest BCUT2D eigenvalue weighted by atomic mass is 16.3. The van der Waals surface area contributed by atoms with Gasteiger partial charge in [-0.3, -0.25) is 9.59 Å². The van der Waals surface area contributed by atoms with E-state index in [9.17, 15) is 14.7 Å². The van der Waals surface area contributed by atoms with Crippen molar-refractivity contribution in [1.29, 1.82) is 0 Å². The minimum absolute atomic E-state index is 0.165. The Bertz CT molecular complexity index is 569. The number of hydrogen-bond donors (Lipinski definition) is 2. The summed E-state index contributed by atoms with van der Waals surface area (Å²) in [6.45, 7) is 0.654. The lowest BCUT2D eigenvalue weighted by Gasteiger charge is -2.15. The quantitative estimate of drug-likeness (QED) is 0.881. The molecule has 20 heavy (non-hydrogen) atoms. The van der Waals surface area contributed by atoms with E-state index in [0.717, 1.165) is 44.6 Å². The lowest BCUT2D eigenvalue weighted by atomic mass is 10.2. The van der Waals surface area contributed by atoms with Crippen LogP contribution in [-0.2, 0) is 0 Å². The summed E-state index contributed by atoms with van der Waals surface area (Å²) in [5, 5.41) is 12.7. The van der Waals surface area contributed by atoms with Gasteiger partial charge in [0.1, 0.15) is 5.75 Å². The molecule has 1 aromatic rings. The Hall–Kier alpha value is -1.78. The molecular formula is C15H20N2O3. The van der Waals surface area contributed by atoms with E-state index in [2.05, 4.69) is 5.32 Å². The Morgan fingerprint density at radius 3 is 2.65 bits per heavy atom. The molecule has 1 aromatic heterocycles. The van der Waals surface area contributed by atoms with Crippen LogP contribution in [0.4, 0.5) is 0 Å². The highest BCUT2D eigenvalue weighted by Gasteiger charge is 2.24. The van der Waals surface area contributed by atoms with Crippen LogP contribution >= 0.6 is 0 Å². The monoisotopic (exact) mass is 276 g/mol. The van der Waals surface area contributed by atoms with Crippen LogP contribution in [0.2, 0.25) is 0 Å². The number of carbonyl (C=O) groups excluding carboxylic acids is 1. The molecule has 2 fully saturated rings. The van der Waals surface area contributed by atoms with Gasteiger partial charge in [-0.25, -0.2) is 0 Å². The third-order valence-electron chi connectivity index (χ3n) is 4.27. The Morgan fingerprint density at radius 2 is 2.00 bits per heavy atom. The summed E-state index contributed by atoms with van der Waals surface area (Å²) < 4.78 is 1.61. The molecule has 2 saturated carbocycles. The van der Waals surface area contributed by atoms with Crippen molar-refractivity contribution in [1.82, 2.24) is 9.88 Å². The second kappa shape index (κ2) is 5.31. The molecule has 0 aromatic carbocycles. The number of pyridine rings is 1. The number of aromatic hydroxyl groups is 1. The molecule has 108 valence electrons. The number of nitrogens with zero attached hydrogens (tertiary/aromatic N) is 1. The molecule has 1 amide bonds. The fourth-order valence-corrected chi connectivity index (χ4v) is 2.84. The molecule has 0 aliphatic heterocycles. The molecular weight excluding hydrogens is 256 g/mol. The molecule has 1 heterocycles. The summed E-state index contributed by atoms with van der Waals surface area (Å²) in [5.74, 6) is 0.0699. The van der Waals surface area contributed by atoms with Crippen molar-refractivity contribution in [3.8, 4) is 5.75 Å². The predicted octanol–water partition coefficient (Wildman–Crippen LogP) is 1.81. The highest BCUT2D eigenvalue weighted by Crippen LogP contribution is 2.30. The minimum atomic E-state index is -0.291. The van der Waals surface area contributed by atoms with Crippen molar-refractivity contribution in [3.05, 3.63) is 28.2 Å². The molecule has 3 rings (SSSR count). The van der Waals surface area contributed by atoms with Crippen LogP contribution in [0.3, 0.4) is 0 Å². The van der Waals surface area contributed by atoms with Gasteiger partial charge >= 0.3 is 0 Å². The van der Waals surface area contributed by atoms with Crippen LogP contribution < -0.4 is 10.9 Å². The number of nitrogens with one attached hydrogen (secondary N) is 1. The topological polar surface area (TPSA) is 71.3 Å². The van der Waals surface area contributed by atoms with Gasteiger partial charge in [0.05, 0.1) is 5.56 Å². The van der Waals surface area contributed by atoms with Crippen molar-refractivity contribution in [2.75, 3.05) is 6.54 Å². The first-order chi connectivity index (χ1) is 9.65. The summed E-state index contributed by atoms with van der Waals surface area (Å²) in [7, 11) is 0. The highest BCUT2D eigenvalue weighted by molar-refractivity contribution is 5.96. The summed E-state index contributed by atoms with van der Waals surface area (Å²) in [6.07, 6.45) is 8.00. The van der Waals surface area contributed by atoms with Crippen LogP contribution in [0.1, 0.15) is 54.9 Å². The lowest BCUT2D eigenvalue weighted by molar-refractivity contribution is 0.0948. The predicted molar refractivity (Wildman–Crippen MR) is 74.9 cm³/mol. The molecule has 2 aliphatic rings. The normalized spacial score (nSPS) is 19.2. The van der Waals surface area contributed by atoms with Gasteiger partial charge in [-0.2, -0.15) is 0 Å². The van der Waals surface area contributed by atoms with Crippen molar-refractivity contribution < 1.29 is 9.90 Å². The largest absolute Gasteiger partial charge is 0.507 e. The number of carbonyl (C=O) groups is 1. The number of rotatable bonds is 4. The van der Waals surface area contributed by atoms with Crippen molar-refractivity contribution in [2.45, 2.75) is 44.6 Å². The SMILES string of the molecule is O=C(NCC1CC1)c1cn(C2CCCC2)c(=O)cc1O. The zero-order chi connectivity index (χ0) is 14.1. The zero-order valence-corrected chi connectivity index (χ0v) is 11.5. The van der Waals surface area contributed by atoms with E-state index in [1.165, 1.54) is 6.20 Å². The van der Waals surface area contributed by atoms with Gasteiger partial charge < -0.3 is 15.0 Å². The van der Waals surface area contributed by atoms with E-state index < -0.39 is 0 Å². The first-order valence-electron chi connectivity index (χ1n) is 7.38. The maximum absolute atomic E-state index is 12.1. The van der Waals surface area contributed by atoms with Gasteiger partial charge in [0.25, 0.3) is 11.5 Å². The van der Waals surface area contributed by atoms with Crippen molar-refractivity contribution in [2.24, 2.45) is 5.92 Å². The molecule has 5 nitrogen and oxygen atoms in total.